The summed E-state index contributed by atoms with van der Waals surface area (Å²) in [5.41, 5.74) is 2.89. The molecule has 0 fully saturated rings. The van der Waals surface area contributed by atoms with Crippen molar-refractivity contribution >= 4 is 17.6 Å². The molecule has 1 N–H and O–H groups in total. The van der Waals surface area contributed by atoms with Crippen LogP contribution in [0.1, 0.15) is 17.0 Å². The molecule has 0 amide bonds. The van der Waals surface area contributed by atoms with Gasteiger partial charge in [-0.15, -0.1) is 0 Å². The minimum atomic E-state index is -0.840. The molecule has 0 bridgehead atoms. The van der Waals surface area contributed by atoms with Crippen LogP contribution in [-0.4, -0.2) is 33.9 Å². The van der Waals surface area contributed by atoms with E-state index in [1.807, 2.05) is 24.3 Å². The van der Waals surface area contributed by atoms with E-state index in [0.717, 1.165) is 11.6 Å². The van der Waals surface area contributed by atoms with E-state index >= 15 is 0 Å². The molecule has 0 aromatic heterocycles. The average molecular weight is 457 g/mol. The molecule has 8 heteroatoms. The summed E-state index contributed by atoms with van der Waals surface area (Å²) in [6.07, 6.45) is 0.388. The SMILES string of the molecule is [C-]#[N+]C1=C(Cc2ccc(OC)cc2)NC(COC)=C(C(=O)OC)C1c1ccc(F)cc1Cl. The van der Waals surface area contributed by atoms with Crippen molar-refractivity contribution in [2.45, 2.75) is 12.3 Å². The molecule has 0 radical (unpaired) electrons. The van der Waals surface area contributed by atoms with Gasteiger partial charge in [0.05, 0.1) is 44.6 Å². The Morgan fingerprint density at radius 2 is 1.88 bits per heavy atom. The molecule has 1 aliphatic rings. The van der Waals surface area contributed by atoms with E-state index in [-0.39, 0.29) is 22.9 Å². The molecule has 1 unspecified atom stereocenters. The molecule has 0 saturated carbocycles. The van der Waals surface area contributed by atoms with Crippen LogP contribution in [0, 0.1) is 12.4 Å². The molecule has 166 valence electrons. The van der Waals surface area contributed by atoms with Gasteiger partial charge in [0.2, 0.25) is 0 Å². The topological polar surface area (TPSA) is 61.1 Å². The van der Waals surface area contributed by atoms with Gasteiger partial charge in [-0.3, -0.25) is 0 Å². The van der Waals surface area contributed by atoms with Crippen molar-refractivity contribution in [2.75, 3.05) is 27.9 Å². The van der Waals surface area contributed by atoms with Gasteiger partial charge in [-0.05, 0) is 35.4 Å². The number of allylic oxidation sites excluding steroid dienone is 2. The summed E-state index contributed by atoms with van der Waals surface area (Å²) in [4.78, 5) is 16.5. The van der Waals surface area contributed by atoms with E-state index in [1.165, 1.54) is 26.4 Å². The van der Waals surface area contributed by atoms with Gasteiger partial charge in [0.15, 0.2) is 5.70 Å². The van der Waals surface area contributed by atoms with Crippen LogP contribution in [-0.2, 0) is 20.7 Å². The minimum absolute atomic E-state index is 0.0805. The second-order valence-corrected chi connectivity index (χ2v) is 7.45. The van der Waals surface area contributed by atoms with E-state index in [0.29, 0.717) is 29.1 Å². The lowest BCUT2D eigenvalue weighted by molar-refractivity contribution is -0.136. The fraction of sp³-hybridized carbons (Fsp3) is 0.250. The summed E-state index contributed by atoms with van der Waals surface area (Å²) in [7, 11) is 4.35. The molecule has 0 aliphatic carbocycles. The van der Waals surface area contributed by atoms with Gasteiger partial charge in [0.1, 0.15) is 11.6 Å². The van der Waals surface area contributed by atoms with Gasteiger partial charge in [0, 0.05) is 24.3 Å². The van der Waals surface area contributed by atoms with Crippen LogP contribution >= 0.6 is 11.6 Å². The van der Waals surface area contributed by atoms with Crippen LogP contribution in [0.2, 0.25) is 5.02 Å². The maximum atomic E-state index is 13.7. The molecule has 0 spiro atoms. The highest BCUT2D eigenvalue weighted by molar-refractivity contribution is 6.31. The first-order chi connectivity index (χ1) is 15.4. The standard InChI is InChI=1S/C24H22ClFN2O4/c1-27-23-19(11-14-5-8-16(31-3)9-6-14)28-20(13-30-2)22(24(29)32-4)21(23)17-10-7-15(26)12-18(17)25/h5-10,12,21,28H,11,13H2,2-4H3. The third kappa shape index (κ3) is 4.77. The van der Waals surface area contributed by atoms with Crippen molar-refractivity contribution in [3.8, 4) is 5.75 Å². The number of dihydropyridines is 1. The fourth-order valence-corrected chi connectivity index (χ4v) is 3.94. The molecule has 0 saturated heterocycles. The second kappa shape index (κ2) is 10.3. The summed E-state index contributed by atoms with van der Waals surface area (Å²) in [5, 5.41) is 3.31. The zero-order valence-electron chi connectivity index (χ0n) is 17.9. The van der Waals surface area contributed by atoms with E-state index in [4.69, 9.17) is 32.4 Å². The lowest BCUT2D eigenvalue weighted by Gasteiger charge is -2.31. The largest absolute Gasteiger partial charge is 0.497 e. The van der Waals surface area contributed by atoms with E-state index < -0.39 is 17.7 Å². The number of carbonyl (C=O) groups is 1. The van der Waals surface area contributed by atoms with Crippen LogP contribution < -0.4 is 10.1 Å². The second-order valence-electron chi connectivity index (χ2n) is 7.04. The smallest absolute Gasteiger partial charge is 0.335 e. The van der Waals surface area contributed by atoms with Gasteiger partial charge in [-0.1, -0.05) is 29.8 Å². The molecule has 2 aromatic carbocycles. The Hall–Kier alpha value is -3.34. The molecule has 3 rings (SSSR count). The Labute approximate surface area is 191 Å². The molecule has 32 heavy (non-hydrogen) atoms. The number of hydrogen-bond donors (Lipinski definition) is 1. The quantitative estimate of drug-likeness (QED) is 0.486. The molecule has 6 nitrogen and oxygen atoms in total. The highest BCUT2D eigenvalue weighted by Gasteiger charge is 2.37. The van der Waals surface area contributed by atoms with Crippen LogP contribution in [0.15, 0.2) is 65.1 Å². The van der Waals surface area contributed by atoms with Crippen LogP contribution in [0.4, 0.5) is 4.39 Å². The molecular formula is C24H22ClFN2O4. The predicted molar refractivity (Wildman–Crippen MR) is 119 cm³/mol. The summed E-state index contributed by atoms with van der Waals surface area (Å²) in [6, 6.07) is 11.3. The van der Waals surface area contributed by atoms with Crippen molar-refractivity contribution in [1.29, 1.82) is 0 Å². The normalized spacial score (nSPS) is 15.8. The van der Waals surface area contributed by atoms with E-state index in [2.05, 4.69) is 10.2 Å². The third-order valence-corrected chi connectivity index (χ3v) is 5.45. The Kier molecular flexibility index (Phi) is 7.52. The first kappa shape index (κ1) is 23.3. The number of hydrogen-bond acceptors (Lipinski definition) is 5. The van der Waals surface area contributed by atoms with Crippen LogP contribution in [0.5, 0.6) is 5.75 Å². The summed E-state index contributed by atoms with van der Waals surface area (Å²) in [6.45, 7) is 7.97. The molecular weight excluding hydrogens is 435 g/mol. The van der Waals surface area contributed by atoms with Gasteiger partial charge in [0.25, 0.3) is 0 Å². The predicted octanol–water partition coefficient (Wildman–Crippen LogP) is 4.62. The Balaban J connectivity index is 2.18. The van der Waals surface area contributed by atoms with Gasteiger partial charge in [-0.2, -0.15) is 0 Å². The molecule has 2 aromatic rings. The zero-order chi connectivity index (χ0) is 23.3. The summed E-state index contributed by atoms with van der Waals surface area (Å²) >= 11 is 6.36. The number of ether oxygens (including phenoxy) is 3. The first-order valence-corrected chi connectivity index (χ1v) is 10.1. The molecule has 1 heterocycles. The van der Waals surface area contributed by atoms with Gasteiger partial charge in [-0.25, -0.2) is 14.0 Å². The van der Waals surface area contributed by atoms with Gasteiger partial charge < -0.3 is 19.5 Å². The van der Waals surface area contributed by atoms with E-state index in [9.17, 15) is 9.18 Å². The van der Waals surface area contributed by atoms with Crippen molar-refractivity contribution in [3.63, 3.8) is 0 Å². The summed E-state index contributed by atoms with van der Waals surface area (Å²) in [5.74, 6) is -1.26. The zero-order valence-corrected chi connectivity index (χ0v) is 18.6. The maximum absolute atomic E-state index is 13.7. The maximum Gasteiger partial charge on any atom is 0.335 e. The van der Waals surface area contributed by atoms with E-state index in [1.54, 1.807) is 7.11 Å². The average Bonchev–Trinajstić information content (AvgIpc) is 2.79. The van der Waals surface area contributed by atoms with Crippen molar-refractivity contribution < 1.29 is 23.4 Å². The number of benzene rings is 2. The fourth-order valence-electron chi connectivity index (χ4n) is 3.66. The Morgan fingerprint density at radius 3 is 2.44 bits per heavy atom. The number of halogens is 2. The third-order valence-electron chi connectivity index (χ3n) is 5.13. The number of methoxy groups -OCH3 is 3. The Morgan fingerprint density at radius 1 is 1.16 bits per heavy atom. The highest BCUT2D eigenvalue weighted by atomic mass is 35.5. The monoisotopic (exact) mass is 456 g/mol. The number of rotatable bonds is 7. The van der Waals surface area contributed by atoms with Crippen LogP contribution in [0.3, 0.4) is 0 Å². The number of nitrogens with zero attached hydrogens (tertiary/aromatic N) is 1. The molecule has 1 atom stereocenters. The minimum Gasteiger partial charge on any atom is -0.497 e. The lowest BCUT2D eigenvalue weighted by atomic mass is 9.83. The first-order valence-electron chi connectivity index (χ1n) is 9.69. The van der Waals surface area contributed by atoms with Crippen LogP contribution in [0.25, 0.3) is 4.85 Å². The number of carbonyl (C=O) groups excluding carboxylic acids is 1. The van der Waals surface area contributed by atoms with Crippen molar-refractivity contribution in [3.05, 3.63) is 98.5 Å². The number of nitrogens with one attached hydrogen (secondary N) is 1. The lowest BCUT2D eigenvalue weighted by Crippen LogP contribution is -2.32. The van der Waals surface area contributed by atoms with Crippen molar-refractivity contribution in [1.82, 2.24) is 5.32 Å². The van der Waals surface area contributed by atoms with Gasteiger partial charge >= 0.3 is 5.97 Å². The molecule has 1 aliphatic heterocycles. The van der Waals surface area contributed by atoms with Crippen molar-refractivity contribution in [2.24, 2.45) is 0 Å². The Bertz CT molecular complexity index is 1120. The number of esters is 1. The summed E-state index contributed by atoms with van der Waals surface area (Å²) < 4.78 is 29.2. The highest BCUT2D eigenvalue weighted by Crippen LogP contribution is 2.42.